The van der Waals surface area contributed by atoms with Gasteiger partial charge in [0.05, 0.1) is 5.41 Å². The van der Waals surface area contributed by atoms with Crippen molar-refractivity contribution in [1.29, 1.82) is 0 Å². The maximum atomic E-state index is 11.8. The summed E-state index contributed by atoms with van der Waals surface area (Å²) in [6.07, 6.45) is 4.49. The molecule has 1 aromatic heterocycles. The molecule has 1 aliphatic carbocycles. The fourth-order valence-electron chi connectivity index (χ4n) is 3.86. The summed E-state index contributed by atoms with van der Waals surface area (Å²) < 4.78 is 2.47. The normalized spacial score (nSPS) is 15.5. The molecule has 0 radical (unpaired) electrons. The monoisotopic (exact) mass is 387 g/mol. The minimum Gasteiger partial charge on any atom is -0.481 e. The fraction of sp³-hybridized carbons (Fsp3) is 0.609. The first-order valence-corrected chi connectivity index (χ1v) is 11.2. The van der Waals surface area contributed by atoms with Crippen molar-refractivity contribution in [2.24, 2.45) is 11.3 Å². The number of hydrogen-bond donors (Lipinski definition) is 1. The summed E-state index contributed by atoms with van der Waals surface area (Å²) in [5.41, 5.74) is 3.10. The number of thioether (sulfide) groups is 1. The molecule has 0 saturated heterocycles. The van der Waals surface area contributed by atoms with Gasteiger partial charge in [0.25, 0.3) is 0 Å². The number of aliphatic carboxylic acids is 1. The van der Waals surface area contributed by atoms with Crippen molar-refractivity contribution < 1.29 is 9.90 Å². The first kappa shape index (κ1) is 20.3. The third-order valence-corrected chi connectivity index (χ3v) is 6.99. The molecule has 0 spiro atoms. The highest BCUT2D eigenvalue weighted by Crippen LogP contribution is 2.40. The van der Waals surface area contributed by atoms with Crippen LogP contribution in [0.2, 0.25) is 0 Å². The Morgan fingerprint density at radius 3 is 2.56 bits per heavy atom. The quantitative estimate of drug-likeness (QED) is 0.538. The molecule has 1 aliphatic rings. The molecule has 1 heterocycles. The van der Waals surface area contributed by atoms with Gasteiger partial charge in [0.15, 0.2) is 0 Å². The lowest BCUT2D eigenvalue weighted by molar-refractivity contribution is -0.146. The molecule has 148 valence electrons. The lowest BCUT2D eigenvalue weighted by Crippen LogP contribution is -2.28. The Labute approximate surface area is 167 Å². The molecule has 0 bridgehead atoms. The zero-order chi connectivity index (χ0) is 19.8. The van der Waals surface area contributed by atoms with Gasteiger partial charge in [-0.05, 0) is 55.9 Å². The molecule has 3 nitrogen and oxygen atoms in total. The van der Waals surface area contributed by atoms with Gasteiger partial charge >= 0.3 is 5.97 Å². The molecule has 3 rings (SSSR count). The Balaban J connectivity index is 2.19. The van der Waals surface area contributed by atoms with E-state index in [1.165, 1.54) is 46.3 Å². The molecule has 0 aliphatic heterocycles. The zero-order valence-corrected chi connectivity index (χ0v) is 18.2. The Hall–Kier alpha value is -1.42. The molecule has 1 aromatic carbocycles. The average molecular weight is 388 g/mol. The maximum Gasteiger partial charge on any atom is 0.309 e. The van der Waals surface area contributed by atoms with Crippen LogP contribution in [0.4, 0.5) is 0 Å². The summed E-state index contributed by atoms with van der Waals surface area (Å²) in [6.45, 7) is 11.4. The highest BCUT2D eigenvalue weighted by atomic mass is 32.2. The Morgan fingerprint density at radius 1 is 1.33 bits per heavy atom. The Bertz CT molecular complexity index is 831. The number of carboxylic acid groups (broad SMARTS) is 1. The number of carbonyl (C=O) groups is 1. The van der Waals surface area contributed by atoms with Crippen LogP contribution >= 0.6 is 11.8 Å². The van der Waals surface area contributed by atoms with Gasteiger partial charge in [-0.15, -0.1) is 11.8 Å². The smallest absolute Gasteiger partial charge is 0.309 e. The predicted molar refractivity (Wildman–Crippen MR) is 115 cm³/mol. The Kier molecular flexibility index (Phi) is 5.95. The highest BCUT2D eigenvalue weighted by molar-refractivity contribution is 7.99. The molecule has 4 heteroatoms. The summed E-state index contributed by atoms with van der Waals surface area (Å²) in [5.74, 6) is 1.49. The molecular weight excluding hydrogens is 354 g/mol. The van der Waals surface area contributed by atoms with Crippen LogP contribution in [-0.4, -0.2) is 21.4 Å². The van der Waals surface area contributed by atoms with Crippen molar-refractivity contribution in [3.63, 3.8) is 0 Å². The maximum absolute atomic E-state index is 11.8. The fourth-order valence-corrected chi connectivity index (χ4v) is 4.83. The third-order valence-electron chi connectivity index (χ3n) is 5.95. The lowest BCUT2D eigenvalue weighted by Gasteiger charge is -2.29. The van der Waals surface area contributed by atoms with Gasteiger partial charge in [-0.3, -0.25) is 4.79 Å². The molecular formula is C23H33NO2S. The van der Waals surface area contributed by atoms with Gasteiger partial charge in [-0.1, -0.05) is 39.3 Å². The summed E-state index contributed by atoms with van der Waals surface area (Å²) in [4.78, 5) is 13.1. The summed E-state index contributed by atoms with van der Waals surface area (Å²) in [7, 11) is 0. The molecule has 1 saturated carbocycles. The van der Waals surface area contributed by atoms with Crippen molar-refractivity contribution >= 4 is 28.6 Å². The van der Waals surface area contributed by atoms with E-state index in [0.29, 0.717) is 12.3 Å². The van der Waals surface area contributed by atoms with Crippen LogP contribution in [0.25, 0.3) is 10.9 Å². The number of rotatable bonds is 8. The SMILES string of the molecule is CCSc1c(CC(C)(C)C(=O)O)n(CC2CCC2)c2cc(C(C)C)ccc12. The second-order valence-electron chi connectivity index (χ2n) is 8.91. The summed E-state index contributed by atoms with van der Waals surface area (Å²) in [5, 5.41) is 11.0. The number of benzene rings is 1. The van der Waals surface area contributed by atoms with E-state index in [0.717, 1.165) is 18.2 Å². The standard InChI is InChI=1S/C23H33NO2S/c1-6-27-21-18-11-10-17(15(2)3)12-19(18)24(14-16-8-7-9-16)20(21)13-23(4,5)22(25)26/h10-12,15-16H,6-9,13-14H2,1-5H3,(H,25,26). The molecule has 1 fully saturated rings. The second-order valence-corrected chi connectivity index (χ2v) is 10.2. The van der Waals surface area contributed by atoms with Crippen molar-refractivity contribution in [2.75, 3.05) is 5.75 Å². The summed E-state index contributed by atoms with van der Waals surface area (Å²) >= 11 is 1.86. The van der Waals surface area contributed by atoms with E-state index in [9.17, 15) is 9.90 Å². The van der Waals surface area contributed by atoms with Crippen LogP contribution in [-0.2, 0) is 17.8 Å². The zero-order valence-electron chi connectivity index (χ0n) is 17.3. The molecule has 27 heavy (non-hydrogen) atoms. The van der Waals surface area contributed by atoms with E-state index in [4.69, 9.17) is 0 Å². The average Bonchev–Trinajstić information content (AvgIpc) is 2.83. The lowest BCUT2D eigenvalue weighted by atomic mass is 9.85. The summed E-state index contributed by atoms with van der Waals surface area (Å²) in [6, 6.07) is 6.85. The first-order chi connectivity index (χ1) is 12.7. The van der Waals surface area contributed by atoms with Crippen molar-refractivity contribution in [2.45, 2.75) is 77.7 Å². The van der Waals surface area contributed by atoms with Crippen LogP contribution in [0.5, 0.6) is 0 Å². The van der Waals surface area contributed by atoms with Crippen molar-refractivity contribution in [3.8, 4) is 0 Å². The van der Waals surface area contributed by atoms with Crippen LogP contribution in [0.3, 0.4) is 0 Å². The van der Waals surface area contributed by atoms with Gasteiger partial charge in [0, 0.05) is 34.5 Å². The van der Waals surface area contributed by atoms with Crippen molar-refractivity contribution in [1.82, 2.24) is 4.57 Å². The van der Waals surface area contributed by atoms with E-state index < -0.39 is 11.4 Å². The molecule has 0 unspecified atom stereocenters. The van der Waals surface area contributed by atoms with E-state index in [-0.39, 0.29) is 0 Å². The topological polar surface area (TPSA) is 42.2 Å². The number of carboxylic acids is 1. The minimum atomic E-state index is -0.768. The molecule has 0 atom stereocenters. The van der Waals surface area contributed by atoms with Gasteiger partial charge in [0.1, 0.15) is 0 Å². The first-order valence-electron chi connectivity index (χ1n) is 10.3. The van der Waals surface area contributed by atoms with E-state index in [1.54, 1.807) is 0 Å². The van der Waals surface area contributed by atoms with Gasteiger partial charge in [-0.2, -0.15) is 0 Å². The largest absolute Gasteiger partial charge is 0.481 e. The van der Waals surface area contributed by atoms with E-state index in [2.05, 4.69) is 43.5 Å². The number of fused-ring (bicyclic) bond motifs is 1. The van der Waals surface area contributed by atoms with Crippen LogP contribution < -0.4 is 0 Å². The van der Waals surface area contributed by atoms with Gasteiger partial charge in [0.2, 0.25) is 0 Å². The Morgan fingerprint density at radius 2 is 2.04 bits per heavy atom. The predicted octanol–water partition coefficient (Wildman–Crippen LogP) is 6.33. The van der Waals surface area contributed by atoms with E-state index in [1.807, 2.05) is 25.6 Å². The van der Waals surface area contributed by atoms with Crippen LogP contribution in [0, 0.1) is 11.3 Å². The van der Waals surface area contributed by atoms with Crippen molar-refractivity contribution in [3.05, 3.63) is 29.5 Å². The van der Waals surface area contributed by atoms with Gasteiger partial charge in [-0.25, -0.2) is 0 Å². The highest BCUT2D eigenvalue weighted by Gasteiger charge is 2.32. The third kappa shape index (κ3) is 4.06. The molecule has 0 amide bonds. The second kappa shape index (κ2) is 7.90. The van der Waals surface area contributed by atoms with Gasteiger partial charge < -0.3 is 9.67 Å². The van der Waals surface area contributed by atoms with Crippen LogP contribution in [0.15, 0.2) is 23.1 Å². The number of aromatic nitrogens is 1. The minimum absolute atomic E-state index is 0.489. The van der Waals surface area contributed by atoms with E-state index >= 15 is 0 Å². The van der Waals surface area contributed by atoms with Crippen LogP contribution in [0.1, 0.15) is 71.1 Å². The molecule has 2 aromatic rings. The number of hydrogen-bond acceptors (Lipinski definition) is 2. The molecule has 1 N–H and O–H groups in total. The number of nitrogens with zero attached hydrogens (tertiary/aromatic N) is 1.